The maximum Gasteiger partial charge on any atom is 0.251 e. The Labute approximate surface area is 125 Å². The Bertz CT molecular complexity index is 727. The lowest BCUT2D eigenvalue weighted by Crippen LogP contribution is -2.41. The van der Waals surface area contributed by atoms with E-state index in [-0.39, 0.29) is 18.2 Å². The van der Waals surface area contributed by atoms with Crippen molar-refractivity contribution in [1.82, 2.24) is 20.3 Å². The van der Waals surface area contributed by atoms with E-state index in [1.54, 1.807) is 24.4 Å². The van der Waals surface area contributed by atoms with Crippen LogP contribution in [-0.4, -0.2) is 26.8 Å². The van der Waals surface area contributed by atoms with Gasteiger partial charge in [-0.25, -0.2) is 4.68 Å². The molecular formula is C13H12ClN5O2. The first-order chi connectivity index (χ1) is 10.0. The standard InChI is InChI=1S/C13H12ClN5O2/c14-9-5-7(15)1-2-8(9)10-6-19(18-17-10)11-3-4-12(20)16-13(11)21/h1-2,5-6,11H,3-4,15H2,(H,16,20,21). The van der Waals surface area contributed by atoms with Gasteiger partial charge in [0.25, 0.3) is 5.91 Å². The second-order valence-electron chi connectivity index (χ2n) is 4.79. The molecule has 3 rings (SSSR count). The lowest BCUT2D eigenvalue weighted by atomic mass is 10.1. The zero-order chi connectivity index (χ0) is 15.0. The Balaban J connectivity index is 1.89. The minimum atomic E-state index is -0.531. The normalized spacial score (nSPS) is 18.6. The minimum Gasteiger partial charge on any atom is -0.399 e. The van der Waals surface area contributed by atoms with Gasteiger partial charge in [-0.2, -0.15) is 0 Å². The van der Waals surface area contributed by atoms with Crippen molar-refractivity contribution in [3.63, 3.8) is 0 Å². The number of piperidine rings is 1. The number of imide groups is 1. The van der Waals surface area contributed by atoms with Gasteiger partial charge in [0.2, 0.25) is 5.91 Å². The van der Waals surface area contributed by atoms with Gasteiger partial charge < -0.3 is 5.73 Å². The van der Waals surface area contributed by atoms with Crippen LogP contribution in [0.15, 0.2) is 24.4 Å². The van der Waals surface area contributed by atoms with Crippen LogP contribution in [0.2, 0.25) is 5.02 Å². The van der Waals surface area contributed by atoms with Crippen molar-refractivity contribution in [2.45, 2.75) is 18.9 Å². The van der Waals surface area contributed by atoms with E-state index in [2.05, 4.69) is 15.6 Å². The summed E-state index contributed by atoms with van der Waals surface area (Å²) in [4.78, 5) is 22.9. The third-order valence-corrected chi connectivity index (χ3v) is 3.62. The highest BCUT2D eigenvalue weighted by Gasteiger charge is 2.29. The van der Waals surface area contributed by atoms with E-state index in [1.807, 2.05) is 0 Å². The van der Waals surface area contributed by atoms with Crippen molar-refractivity contribution in [3.05, 3.63) is 29.4 Å². The van der Waals surface area contributed by atoms with Gasteiger partial charge in [0.15, 0.2) is 0 Å². The van der Waals surface area contributed by atoms with Crippen LogP contribution in [-0.2, 0) is 9.59 Å². The molecule has 2 amide bonds. The number of hydrogen-bond acceptors (Lipinski definition) is 5. The number of halogens is 1. The van der Waals surface area contributed by atoms with E-state index in [0.717, 1.165) is 0 Å². The average Bonchev–Trinajstić information content (AvgIpc) is 2.87. The van der Waals surface area contributed by atoms with Gasteiger partial charge in [-0.05, 0) is 24.6 Å². The van der Waals surface area contributed by atoms with Gasteiger partial charge >= 0.3 is 0 Å². The van der Waals surface area contributed by atoms with E-state index in [1.165, 1.54) is 4.68 Å². The van der Waals surface area contributed by atoms with Gasteiger partial charge in [0.05, 0.1) is 11.2 Å². The molecule has 0 spiro atoms. The van der Waals surface area contributed by atoms with Crippen LogP contribution in [0.3, 0.4) is 0 Å². The first-order valence-corrected chi connectivity index (χ1v) is 6.73. The molecular weight excluding hydrogens is 294 g/mol. The van der Waals surface area contributed by atoms with E-state index in [0.29, 0.717) is 28.4 Å². The lowest BCUT2D eigenvalue weighted by molar-refractivity contribution is -0.136. The molecule has 1 saturated heterocycles. The maximum atomic E-state index is 11.8. The van der Waals surface area contributed by atoms with E-state index >= 15 is 0 Å². The lowest BCUT2D eigenvalue weighted by Gasteiger charge is -2.20. The predicted octanol–water partition coefficient (Wildman–Crippen LogP) is 1.16. The fourth-order valence-corrected chi connectivity index (χ4v) is 2.51. The molecule has 1 aromatic heterocycles. The van der Waals surface area contributed by atoms with Crippen molar-refractivity contribution in [2.75, 3.05) is 5.73 Å². The molecule has 2 heterocycles. The highest BCUT2D eigenvalue weighted by Crippen LogP contribution is 2.29. The Hall–Kier alpha value is -2.41. The first kappa shape index (κ1) is 13.6. The Morgan fingerprint density at radius 1 is 1.38 bits per heavy atom. The topological polar surface area (TPSA) is 103 Å². The molecule has 0 saturated carbocycles. The van der Waals surface area contributed by atoms with Crippen molar-refractivity contribution >= 4 is 29.1 Å². The van der Waals surface area contributed by atoms with Crippen LogP contribution >= 0.6 is 11.6 Å². The Morgan fingerprint density at radius 2 is 2.19 bits per heavy atom. The van der Waals surface area contributed by atoms with Crippen LogP contribution < -0.4 is 11.1 Å². The molecule has 1 fully saturated rings. The fraction of sp³-hybridized carbons (Fsp3) is 0.231. The van der Waals surface area contributed by atoms with Gasteiger partial charge in [-0.15, -0.1) is 5.10 Å². The first-order valence-electron chi connectivity index (χ1n) is 6.35. The maximum absolute atomic E-state index is 11.8. The third-order valence-electron chi connectivity index (χ3n) is 3.31. The third kappa shape index (κ3) is 2.59. The predicted molar refractivity (Wildman–Crippen MR) is 76.3 cm³/mol. The van der Waals surface area contributed by atoms with Gasteiger partial charge in [-0.1, -0.05) is 16.8 Å². The Morgan fingerprint density at radius 3 is 2.90 bits per heavy atom. The van der Waals surface area contributed by atoms with Crippen molar-refractivity contribution < 1.29 is 9.59 Å². The number of aromatic nitrogens is 3. The molecule has 8 heteroatoms. The molecule has 1 atom stereocenters. The number of nitrogens with one attached hydrogen (secondary N) is 1. The highest BCUT2D eigenvalue weighted by molar-refractivity contribution is 6.33. The molecule has 1 aromatic carbocycles. The molecule has 21 heavy (non-hydrogen) atoms. The van der Waals surface area contributed by atoms with Gasteiger partial charge in [-0.3, -0.25) is 14.9 Å². The molecule has 3 N–H and O–H groups in total. The summed E-state index contributed by atoms with van der Waals surface area (Å²) in [7, 11) is 0. The number of carbonyl (C=O) groups is 2. The van der Waals surface area contributed by atoms with Crippen molar-refractivity contribution in [2.24, 2.45) is 0 Å². The van der Waals surface area contributed by atoms with E-state index in [4.69, 9.17) is 17.3 Å². The van der Waals surface area contributed by atoms with Crippen LogP contribution in [0.1, 0.15) is 18.9 Å². The number of anilines is 1. The number of nitrogens with two attached hydrogens (primary N) is 1. The quantitative estimate of drug-likeness (QED) is 0.640. The SMILES string of the molecule is Nc1ccc(-c2cn(C3CCC(=O)NC3=O)nn2)c(Cl)c1. The number of nitrogen functional groups attached to an aromatic ring is 1. The summed E-state index contributed by atoms with van der Waals surface area (Å²) in [5, 5.41) is 10.7. The summed E-state index contributed by atoms with van der Waals surface area (Å²) in [6.45, 7) is 0. The summed E-state index contributed by atoms with van der Waals surface area (Å²) >= 11 is 6.13. The molecule has 7 nitrogen and oxygen atoms in total. The number of amides is 2. The van der Waals surface area contributed by atoms with Crippen molar-refractivity contribution in [3.8, 4) is 11.3 Å². The Kier molecular flexibility index (Phi) is 3.34. The average molecular weight is 306 g/mol. The molecule has 2 aromatic rings. The van der Waals surface area contributed by atoms with Gasteiger partial charge in [0, 0.05) is 17.7 Å². The summed E-state index contributed by atoms with van der Waals surface area (Å²) in [5.74, 6) is -0.635. The zero-order valence-corrected chi connectivity index (χ0v) is 11.7. The molecule has 108 valence electrons. The number of hydrogen-bond donors (Lipinski definition) is 2. The molecule has 0 radical (unpaired) electrons. The second-order valence-corrected chi connectivity index (χ2v) is 5.20. The highest BCUT2D eigenvalue weighted by atomic mass is 35.5. The van der Waals surface area contributed by atoms with Crippen LogP contribution in [0.4, 0.5) is 5.69 Å². The monoisotopic (exact) mass is 305 g/mol. The molecule has 1 aliphatic heterocycles. The summed E-state index contributed by atoms with van der Waals surface area (Å²) in [6.07, 6.45) is 2.33. The largest absolute Gasteiger partial charge is 0.399 e. The number of carbonyl (C=O) groups excluding carboxylic acids is 2. The van der Waals surface area contributed by atoms with Crippen LogP contribution in [0.5, 0.6) is 0 Å². The molecule has 1 unspecified atom stereocenters. The number of rotatable bonds is 2. The smallest absolute Gasteiger partial charge is 0.251 e. The van der Waals surface area contributed by atoms with Gasteiger partial charge in [0.1, 0.15) is 11.7 Å². The summed E-state index contributed by atoms with van der Waals surface area (Å²) < 4.78 is 1.45. The van der Waals surface area contributed by atoms with Crippen LogP contribution in [0.25, 0.3) is 11.3 Å². The van der Waals surface area contributed by atoms with Crippen molar-refractivity contribution in [1.29, 1.82) is 0 Å². The van der Waals surface area contributed by atoms with Crippen LogP contribution in [0, 0.1) is 0 Å². The van der Waals surface area contributed by atoms with E-state index < -0.39 is 6.04 Å². The molecule has 1 aliphatic rings. The molecule has 0 aliphatic carbocycles. The summed E-state index contributed by atoms with van der Waals surface area (Å²) in [6, 6.07) is 4.56. The molecule has 0 bridgehead atoms. The number of benzene rings is 1. The fourth-order valence-electron chi connectivity index (χ4n) is 2.23. The van der Waals surface area contributed by atoms with E-state index in [9.17, 15) is 9.59 Å². The second kappa shape index (κ2) is 5.17. The number of nitrogens with zero attached hydrogens (tertiary/aromatic N) is 3. The zero-order valence-electron chi connectivity index (χ0n) is 10.9. The minimum absolute atomic E-state index is 0.266. The summed E-state index contributed by atoms with van der Waals surface area (Å²) in [5.41, 5.74) is 7.44.